The Morgan fingerprint density at radius 1 is 1.10 bits per heavy atom. The van der Waals surface area contributed by atoms with E-state index >= 15 is 0 Å². The molecule has 2 aliphatic carbocycles. The van der Waals surface area contributed by atoms with Crippen molar-refractivity contribution in [3.05, 3.63) is 65.2 Å². The molecule has 2 saturated carbocycles. The van der Waals surface area contributed by atoms with E-state index in [1.807, 2.05) is 45.9 Å². The molecule has 210 valence electrons. The number of hydrogen-bond donors (Lipinski definition) is 1. The van der Waals surface area contributed by atoms with Gasteiger partial charge in [0, 0.05) is 28.7 Å². The van der Waals surface area contributed by atoms with E-state index in [2.05, 4.69) is 14.7 Å². The maximum Gasteiger partial charge on any atom is 0.264 e. The standard InChI is InChI=1S/C31H36N4O4S/c1-19(2)13-23-18-39-27-15-26(28-20(3)7-5-8-21(28)4)32-30(33-27)34-40(37,38)25-10-6-9-22(14-25)29(36)35(23)24-16-31(17-24)11-12-31/h5-10,14-15,19,23-24H,11-13,16-18H2,1-4H3,(H,32,33,34)/t23-/m1/s1/i11D2,12D2. The number of benzene rings is 2. The molecule has 1 aliphatic heterocycles. The Bertz CT molecular complexity index is 1720. The average Bonchev–Trinajstić information content (AvgIpc) is 3.28. The zero-order valence-corrected chi connectivity index (χ0v) is 23.9. The monoisotopic (exact) mass is 564 g/mol. The van der Waals surface area contributed by atoms with Gasteiger partial charge >= 0.3 is 0 Å². The van der Waals surface area contributed by atoms with Crippen molar-refractivity contribution in [2.45, 2.75) is 76.7 Å². The number of fused-ring (bicyclic) bond motifs is 4. The number of amides is 1. The minimum atomic E-state index is -4.20. The summed E-state index contributed by atoms with van der Waals surface area (Å²) < 4.78 is 68.9. The van der Waals surface area contributed by atoms with E-state index in [-0.39, 0.29) is 47.7 Å². The molecule has 1 spiro atoms. The molecule has 0 saturated heterocycles. The van der Waals surface area contributed by atoms with Crippen LogP contribution < -0.4 is 9.46 Å². The molecule has 6 rings (SSSR count). The van der Waals surface area contributed by atoms with E-state index < -0.39 is 46.2 Å². The summed E-state index contributed by atoms with van der Waals surface area (Å²) in [4.78, 5) is 24.7. The summed E-state index contributed by atoms with van der Waals surface area (Å²) in [7, 11) is -4.20. The second-order valence-corrected chi connectivity index (χ2v) is 13.2. The number of aromatic nitrogens is 2. The van der Waals surface area contributed by atoms with Crippen molar-refractivity contribution in [3.63, 3.8) is 0 Å². The number of hydrogen-bond acceptors (Lipinski definition) is 6. The molecule has 3 aliphatic rings. The minimum absolute atomic E-state index is 0.0439. The largest absolute Gasteiger partial charge is 0.475 e. The van der Waals surface area contributed by atoms with Crippen LogP contribution in [0.5, 0.6) is 5.88 Å². The fourth-order valence-electron chi connectivity index (χ4n) is 5.87. The third kappa shape index (κ3) is 5.07. The maximum atomic E-state index is 14.2. The van der Waals surface area contributed by atoms with Crippen molar-refractivity contribution < 1.29 is 23.4 Å². The van der Waals surface area contributed by atoms with Crippen LogP contribution in [0.4, 0.5) is 5.95 Å². The molecular formula is C31H36N4O4S. The Labute approximate surface area is 241 Å². The van der Waals surface area contributed by atoms with Crippen LogP contribution in [-0.2, 0) is 10.0 Å². The molecule has 1 aromatic heterocycles. The highest BCUT2D eigenvalue weighted by Gasteiger charge is 2.56. The summed E-state index contributed by atoms with van der Waals surface area (Å²) in [6, 6.07) is 12.3. The summed E-state index contributed by atoms with van der Waals surface area (Å²) in [5, 5.41) is 0. The van der Waals surface area contributed by atoms with Crippen molar-refractivity contribution >= 4 is 21.9 Å². The highest BCUT2D eigenvalue weighted by Crippen LogP contribution is 2.62. The van der Waals surface area contributed by atoms with E-state index in [1.165, 1.54) is 18.2 Å². The van der Waals surface area contributed by atoms with Crippen molar-refractivity contribution in [3.8, 4) is 17.1 Å². The SMILES string of the molecule is [2H]C1([2H])C([2H])([2H])C12CC(N1C(=O)c3cccc(c3)S(=O)(=O)Nc3nc(cc(-c4c(C)cccc4C)n3)OC[C@H]1CC(C)C)C2. The second kappa shape index (κ2) is 9.87. The molecular weight excluding hydrogens is 524 g/mol. The van der Waals surface area contributed by atoms with E-state index in [1.54, 1.807) is 17.0 Å². The molecule has 9 heteroatoms. The lowest BCUT2D eigenvalue weighted by molar-refractivity contribution is 0.00919. The number of carbonyl (C=O) groups is 1. The molecule has 1 atom stereocenters. The molecule has 3 aromatic rings. The third-order valence-corrected chi connectivity index (χ3v) is 9.22. The first-order chi connectivity index (χ1) is 20.6. The molecule has 2 fully saturated rings. The zero-order valence-electron chi connectivity index (χ0n) is 27.1. The summed E-state index contributed by atoms with van der Waals surface area (Å²) >= 11 is 0. The summed E-state index contributed by atoms with van der Waals surface area (Å²) in [5.41, 5.74) is 2.22. The quantitative estimate of drug-likeness (QED) is 0.433. The number of carbonyl (C=O) groups excluding carboxylic acids is 1. The summed E-state index contributed by atoms with van der Waals surface area (Å²) in [6.45, 7) is 8.00. The number of aryl methyl sites for hydroxylation is 2. The number of ether oxygens (including phenoxy) is 1. The van der Waals surface area contributed by atoms with E-state index in [0.717, 1.165) is 16.7 Å². The third-order valence-electron chi connectivity index (χ3n) is 7.89. The van der Waals surface area contributed by atoms with Crippen LogP contribution >= 0.6 is 0 Å². The first-order valence-corrected chi connectivity index (χ1v) is 15.1. The smallest absolute Gasteiger partial charge is 0.264 e. The first kappa shape index (κ1) is 22.3. The van der Waals surface area contributed by atoms with Gasteiger partial charge in [-0.2, -0.15) is 4.98 Å². The number of rotatable bonds is 4. The van der Waals surface area contributed by atoms with Crippen molar-refractivity contribution in [2.75, 3.05) is 11.3 Å². The Morgan fingerprint density at radius 3 is 2.48 bits per heavy atom. The molecule has 2 heterocycles. The van der Waals surface area contributed by atoms with E-state index in [4.69, 9.17) is 10.2 Å². The highest BCUT2D eigenvalue weighted by atomic mass is 32.2. The number of nitrogens with zero attached hydrogens (tertiary/aromatic N) is 3. The van der Waals surface area contributed by atoms with Crippen LogP contribution in [0.3, 0.4) is 0 Å². The van der Waals surface area contributed by atoms with Gasteiger partial charge in [0.2, 0.25) is 11.8 Å². The van der Waals surface area contributed by atoms with Gasteiger partial charge in [0.05, 0.1) is 16.6 Å². The van der Waals surface area contributed by atoms with Gasteiger partial charge in [0.25, 0.3) is 15.9 Å². The predicted octanol–water partition coefficient (Wildman–Crippen LogP) is 5.75. The Morgan fingerprint density at radius 2 is 1.80 bits per heavy atom. The van der Waals surface area contributed by atoms with Gasteiger partial charge < -0.3 is 9.64 Å². The van der Waals surface area contributed by atoms with Crippen LogP contribution in [-0.4, -0.2) is 47.9 Å². The van der Waals surface area contributed by atoms with E-state index in [0.29, 0.717) is 12.1 Å². The molecule has 1 amide bonds. The van der Waals surface area contributed by atoms with Gasteiger partial charge in [-0.3, -0.25) is 4.79 Å². The van der Waals surface area contributed by atoms with Gasteiger partial charge in [-0.15, -0.1) is 0 Å². The Balaban J connectivity index is 1.46. The topological polar surface area (TPSA) is 101 Å². The molecule has 2 aromatic carbocycles. The van der Waals surface area contributed by atoms with E-state index in [9.17, 15) is 13.2 Å². The van der Waals surface area contributed by atoms with Crippen LogP contribution in [0.2, 0.25) is 0 Å². The van der Waals surface area contributed by atoms with Gasteiger partial charge in [0.15, 0.2) is 0 Å². The molecule has 1 N–H and O–H groups in total. The van der Waals surface area contributed by atoms with Gasteiger partial charge in [0.1, 0.15) is 6.61 Å². The number of anilines is 1. The molecule has 8 nitrogen and oxygen atoms in total. The fourth-order valence-corrected chi connectivity index (χ4v) is 6.86. The Kier molecular flexibility index (Phi) is 5.49. The lowest BCUT2D eigenvalue weighted by atomic mass is 9.75. The van der Waals surface area contributed by atoms with Crippen LogP contribution in [0.1, 0.15) is 72.8 Å². The minimum Gasteiger partial charge on any atom is -0.475 e. The second-order valence-electron chi connectivity index (χ2n) is 11.5. The van der Waals surface area contributed by atoms with Crippen molar-refractivity contribution in [1.82, 2.24) is 14.9 Å². The van der Waals surface area contributed by atoms with Crippen LogP contribution in [0.25, 0.3) is 11.3 Å². The zero-order chi connectivity index (χ0) is 31.8. The number of nitrogens with one attached hydrogen (secondary N) is 1. The Hall–Kier alpha value is -3.46. The van der Waals surface area contributed by atoms with Gasteiger partial charge in [-0.25, -0.2) is 18.1 Å². The maximum absolute atomic E-state index is 14.2. The lowest BCUT2D eigenvalue weighted by Crippen LogP contribution is -2.55. The summed E-state index contributed by atoms with van der Waals surface area (Å²) in [6.07, 6.45) is -3.07. The highest BCUT2D eigenvalue weighted by molar-refractivity contribution is 7.92. The van der Waals surface area contributed by atoms with Crippen molar-refractivity contribution in [1.29, 1.82) is 0 Å². The molecule has 0 radical (unpaired) electrons. The summed E-state index contributed by atoms with van der Waals surface area (Å²) in [5.74, 6) is -0.275. The van der Waals surface area contributed by atoms with Crippen LogP contribution in [0, 0.1) is 25.2 Å². The van der Waals surface area contributed by atoms with Crippen LogP contribution in [0.15, 0.2) is 53.4 Å². The first-order valence-electron chi connectivity index (χ1n) is 15.6. The predicted molar refractivity (Wildman–Crippen MR) is 154 cm³/mol. The lowest BCUT2D eigenvalue weighted by Gasteiger charge is -2.47. The molecule has 4 bridgehead atoms. The van der Waals surface area contributed by atoms with Gasteiger partial charge in [-0.1, -0.05) is 38.1 Å². The normalized spacial score (nSPS) is 25.5. The van der Waals surface area contributed by atoms with Gasteiger partial charge in [-0.05, 0) is 86.5 Å². The average molecular weight is 565 g/mol. The number of sulfonamides is 1. The molecule has 40 heavy (non-hydrogen) atoms. The van der Waals surface area contributed by atoms with Crippen molar-refractivity contribution in [2.24, 2.45) is 11.3 Å². The fraction of sp³-hybridized carbons (Fsp3) is 0.452. The molecule has 0 unspecified atom stereocenters.